The number of methoxy groups -OCH3 is 1. The maximum atomic E-state index is 14.0. The second-order valence-corrected chi connectivity index (χ2v) is 15.4. The molecule has 0 bridgehead atoms. The Hall–Kier alpha value is -4.47. The molecule has 3 unspecified atom stereocenters. The number of carbonyl (C=O) groups is 1. The van der Waals surface area contributed by atoms with Crippen LogP contribution in [0.3, 0.4) is 0 Å². The van der Waals surface area contributed by atoms with Gasteiger partial charge in [-0.15, -0.1) is 0 Å². The lowest BCUT2D eigenvalue weighted by molar-refractivity contribution is -0.109. The van der Waals surface area contributed by atoms with Gasteiger partial charge >= 0.3 is 6.03 Å². The maximum absolute atomic E-state index is 14.0. The lowest BCUT2D eigenvalue weighted by Crippen LogP contribution is -2.69. The summed E-state index contributed by atoms with van der Waals surface area (Å²) in [5.74, 6) is 1.28. The number of benzene rings is 5. The second kappa shape index (κ2) is 16.7. The highest BCUT2D eigenvalue weighted by Crippen LogP contribution is 2.46. The normalized spacial score (nSPS) is 20.5. The summed E-state index contributed by atoms with van der Waals surface area (Å²) in [5.41, 5.74) is 4.46. The Balaban J connectivity index is 1.26. The van der Waals surface area contributed by atoms with E-state index in [2.05, 4.69) is 160 Å². The number of ether oxygens (including phenoxy) is 2. The number of carbonyl (C=O) groups excluding carboxylic acids is 1. The monoisotopic (exact) mass is 772 g/mol. The molecule has 274 valence electrons. The van der Waals surface area contributed by atoms with Crippen LogP contribution in [0.4, 0.5) is 10.5 Å². The fraction of sp³-hybridized carbons (Fsp3) is 0.311. The average molecular weight is 774 g/mol. The quantitative estimate of drug-likeness (QED) is 0.136. The SMILES string of the molecule is COc1ccc(NC(=O)N2CCC(CN(C)C)CN3C(C2)C(c2ccc(Br)cc2)[C@H]3COC(c2ccccc2)(c2ccccc2)c2ccccc2)cc1. The second-order valence-electron chi connectivity index (χ2n) is 14.5. The largest absolute Gasteiger partial charge is 0.497 e. The first-order valence-corrected chi connectivity index (χ1v) is 19.3. The van der Waals surface area contributed by atoms with Gasteiger partial charge in [0, 0.05) is 54.3 Å². The molecule has 5 aromatic carbocycles. The molecule has 0 aliphatic carbocycles. The van der Waals surface area contributed by atoms with Crippen LogP contribution in [0, 0.1) is 5.92 Å². The molecule has 2 aliphatic rings. The molecule has 7 nitrogen and oxygen atoms in total. The molecule has 0 aromatic heterocycles. The van der Waals surface area contributed by atoms with Gasteiger partial charge in [-0.1, -0.05) is 119 Å². The van der Waals surface area contributed by atoms with Crippen LogP contribution < -0.4 is 10.1 Å². The van der Waals surface area contributed by atoms with Crippen LogP contribution in [0.1, 0.15) is 34.6 Å². The molecule has 8 heteroatoms. The Labute approximate surface area is 322 Å². The van der Waals surface area contributed by atoms with Gasteiger partial charge in [-0.25, -0.2) is 4.79 Å². The van der Waals surface area contributed by atoms with Gasteiger partial charge < -0.3 is 24.6 Å². The summed E-state index contributed by atoms with van der Waals surface area (Å²) in [7, 11) is 5.92. The van der Waals surface area contributed by atoms with Gasteiger partial charge in [-0.2, -0.15) is 0 Å². The number of rotatable bonds is 11. The first-order valence-electron chi connectivity index (χ1n) is 18.5. The van der Waals surface area contributed by atoms with Crippen LogP contribution in [0.5, 0.6) is 5.75 Å². The van der Waals surface area contributed by atoms with Crippen molar-refractivity contribution in [2.45, 2.75) is 30.0 Å². The molecule has 7 rings (SSSR count). The van der Waals surface area contributed by atoms with E-state index in [1.807, 2.05) is 29.2 Å². The van der Waals surface area contributed by atoms with Crippen molar-refractivity contribution in [1.29, 1.82) is 0 Å². The summed E-state index contributed by atoms with van der Waals surface area (Å²) < 4.78 is 13.9. The van der Waals surface area contributed by atoms with E-state index in [9.17, 15) is 4.79 Å². The Morgan fingerprint density at radius 3 is 1.89 bits per heavy atom. The zero-order valence-electron chi connectivity index (χ0n) is 30.8. The van der Waals surface area contributed by atoms with Crippen molar-refractivity contribution in [3.63, 3.8) is 0 Å². The summed E-state index contributed by atoms with van der Waals surface area (Å²) in [6.07, 6.45) is 0.913. The van der Waals surface area contributed by atoms with E-state index in [-0.39, 0.29) is 24.0 Å². The topological polar surface area (TPSA) is 57.3 Å². The number of anilines is 1. The van der Waals surface area contributed by atoms with Crippen molar-refractivity contribution >= 4 is 27.6 Å². The standard InChI is InChI=1S/C45H49BrN4O3/c1-48(2)29-33-27-28-49(44(51)47-39-23-25-40(52-3)26-24-39)31-41-43(34-19-21-38(46)22-20-34)42(50(41)30-33)32-53-45(35-13-7-4-8-14-35,36-15-9-5-10-16-36)37-17-11-6-12-18-37/h4-26,33,41-43H,27-32H2,1-3H3,(H,47,51)/t33?,41?,42-,43?/m1/s1. The van der Waals surface area contributed by atoms with Crippen molar-refractivity contribution in [1.82, 2.24) is 14.7 Å². The van der Waals surface area contributed by atoms with Crippen molar-refractivity contribution < 1.29 is 14.3 Å². The molecule has 1 N–H and O–H groups in total. The predicted molar refractivity (Wildman–Crippen MR) is 217 cm³/mol. The van der Waals surface area contributed by atoms with E-state index in [1.54, 1.807) is 7.11 Å². The molecule has 2 amide bonds. The predicted octanol–water partition coefficient (Wildman–Crippen LogP) is 8.72. The Bertz CT molecular complexity index is 1810. The first kappa shape index (κ1) is 36.9. The van der Waals surface area contributed by atoms with Crippen LogP contribution in [-0.4, -0.2) is 86.8 Å². The minimum atomic E-state index is -0.824. The van der Waals surface area contributed by atoms with Gasteiger partial charge in [-0.05, 0) is 85.1 Å². The third-order valence-corrected chi connectivity index (χ3v) is 11.4. The zero-order chi connectivity index (χ0) is 36.8. The van der Waals surface area contributed by atoms with Crippen molar-refractivity contribution in [2.75, 3.05) is 59.3 Å². The summed E-state index contributed by atoms with van der Waals surface area (Å²) in [6, 6.07) is 48.2. The highest BCUT2D eigenvalue weighted by atomic mass is 79.9. The molecule has 53 heavy (non-hydrogen) atoms. The lowest BCUT2D eigenvalue weighted by Gasteiger charge is -2.59. The van der Waals surface area contributed by atoms with Crippen LogP contribution in [-0.2, 0) is 10.3 Å². The first-order chi connectivity index (χ1) is 25.9. The molecule has 0 radical (unpaired) electrons. The van der Waals surface area contributed by atoms with E-state index >= 15 is 0 Å². The third kappa shape index (κ3) is 8.06. The zero-order valence-corrected chi connectivity index (χ0v) is 32.4. The average Bonchev–Trinajstić information content (AvgIpc) is 3.18. The molecule has 2 fully saturated rings. The third-order valence-electron chi connectivity index (χ3n) is 10.9. The van der Waals surface area contributed by atoms with Gasteiger partial charge in [0.05, 0.1) is 13.7 Å². The minimum Gasteiger partial charge on any atom is -0.497 e. The molecule has 0 spiro atoms. The van der Waals surface area contributed by atoms with Crippen LogP contribution >= 0.6 is 15.9 Å². The molecule has 2 aliphatic heterocycles. The number of nitrogens with one attached hydrogen (secondary N) is 1. The van der Waals surface area contributed by atoms with Gasteiger partial charge in [-0.3, -0.25) is 4.90 Å². The van der Waals surface area contributed by atoms with Crippen molar-refractivity contribution in [3.8, 4) is 5.75 Å². The smallest absolute Gasteiger partial charge is 0.321 e. The minimum absolute atomic E-state index is 0.0777. The Morgan fingerprint density at radius 2 is 1.36 bits per heavy atom. The number of nitrogens with zero attached hydrogens (tertiary/aromatic N) is 3. The summed E-state index contributed by atoms with van der Waals surface area (Å²) in [5, 5.41) is 3.17. The number of hydrogen-bond acceptors (Lipinski definition) is 5. The van der Waals surface area contributed by atoms with E-state index in [4.69, 9.17) is 9.47 Å². The van der Waals surface area contributed by atoms with Crippen molar-refractivity contribution in [2.24, 2.45) is 5.92 Å². The highest BCUT2D eigenvalue weighted by Gasteiger charge is 2.52. The fourth-order valence-electron chi connectivity index (χ4n) is 8.38. The molecule has 2 heterocycles. The summed E-state index contributed by atoms with van der Waals surface area (Å²) in [6.45, 7) is 3.69. The van der Waals surface area contributed by atoms with Crippen LogP contribution in [0.15, 0.2) is 144 Å². The number of halogens is 1. The maximum Gasteiger partial charge on any atom is 0.321 e. The molecular formula is C45H49BrN4O3. The summed E-state index contributed by atoms with van der Waals surface area (Å²) >= 11 is 3.67. The van der Waals surface area contributed by atoms with Gasteiger partial charge in [0.2, 0.25) is 0 Å². The van der Waals surface area contributed by atoms with Crippen LogP contribution in [0.25, 0.3) is 0 Å². The molecule has 2 saturated heterocycles. The molecule has 0 saturated carbocycles. The van der Waals surface area contributed by atoms with Gasteiger partial charge in [0.1, 0.15) is 11.4 Å². The van der Waals surface area contributed by atoms with Crippen molar-refractivity contribution in [3.05, 3.63) is 166 Å². The Kier molecular flexibility index (Phi) is 11.6. The number of urea groups is 1. The lowest BCUT2D eigenvalue weighted by atomic mass is 9.73. The number of amides is 2. The number of hydrogen-bond donors (Lipinski definition) is 1. The van der Waals surface area contributed by atoms with Crippen LogP contribution in [0.2, 0.25) is 0 Å². The molecular weight excluding hydrogens is 724 g/mol. The van der Waals surface area contributed by atoms with Gasteiger partial charge in [0.15, 0.2) is 0 Å². The summed E-state index contributed by atoms with van der Waals surface area (Å²) in [4.78, 5) is 20.9. The van der Waals surface area contributed by atoms with E-state index < -0.39 is 5.60 Å². The highest BCUT2D eigenvalue weighted by molar-refractivity contribution is 9.10. The van der Waals surface area contributed by atoms with E-state index in [0.29, 0.717) is 25.6 Å². The fourth-order valence-corrected chi connectivity index (χ4v) is 8.65. The van der Waals surface area contributed by atoms with E-state index in [0.717, 1.165) is 52.1 Å². The molecule has 5 aromatic rings. The van der Waals surface area contributed by atoms with E-state index in [1.165, 1.54) is 5.56 Å². The molecule has 4 atom stereocenters. The number of fused-ring (bicyclic) bond motifs is 1. The Morgan fingerprint density at radius 1 is 0.792 bits per heavy atom. The van der Waals surface area contributed by atoms with Gasteiger partial charge in [0.25, 0.3) is 0 Å².